The Bertz CT molecular complexity index is 562. The van der Waals surface area contributed by atoms with Crippen LogP contribution in [0.3, 0.4) is 0 Å². The zero-order chi connectivity index (χ0) is 15.2. The van der Waals surface area contributed by atoms with Crippen LogP contribution in [0.5, 0.6) is 17.4 Å². The Balaban J connectivity index is 2.16. The SMILES string of the molecule is COc1cc(OC)cc(C(N)Cc2ccc(OC)nc2)c1. The molecular weight excluding hydrogens is 268 g/mol. The van der Waals surface area contributed by atoms with E-state index in [0.717, 1.165) is 22.6 Å². The molecule has 2 N–H and O–H groups in total. The van der Waals surface area contributed by atoms with Crippen LogP contribution in [-0.2, 0) is 6.42 Å². The third-order valence-corrected chi connectivity index (χ3v) is 3.26. The van der Waals surface area contributed by atoms with E-state index >= 15 is 0 Å². The maximum absolute atomic E-state index is 6.27. The van der Waals surface area contributed by atoms with Gasteiger partial charge in [-0.15, -0.1) is 0 Å². The third-order valence-electron chi connectivity index (χ3n) is 3.26. The maximum atomic E-state index is 6.27. The summed E-state index contributed by atoms with van der Waals surface area (Å²) in [5, 5.41) is 0. The minimum absolute atomic E-state index is 0.163. The van der Waals surface area contributed by atoms with Crippen molar-refractivity contribution in [2.24, 2.45) is 5.73 Å². The second-order valence-corrected chi connectivity index (χ2v) is 4.67. The van der Waals surface area contributed by atoms with Crippen LogP contribution >= 0.6 is 0 Å². The van der Waals surface area contributed by atoms with Gasteiger partial charge >= 0.3 is 0 Å². The Morgan fingerprint density at radius 3 is 2.14 bits per heavy atom. The predicted molar refractivity (Wildman–Crippen MR) is 81.0 cm³/mol. The molecule has 0 saturated heterocycles. The molecule has 5 heteroatoms. The highest BCUT2D eigenvalue weighted by Gasteiger charge is 2.11. The second kappa shape index (κ2) is 6.95. The van der Waals surface area contributed by atoms with Gasteiger partial charge in [0, 0.05) is 24.4 Å². The van der Waals surface area contributed by atoms with Crippen LogP contribution < -0.4 is 19.9 Å². The zero-order valence-electron chi connectivity index (χ0n) is 12.5. The van der Waals surface area contributed by atoms with Crippen LogP contribution in [0.25, 0.3) is 0 Å². The number of nitrogens with zero attached hydrogens (tertiary/aromatic N) is 1. The Labute approximate surface area is 124 Å². The van der Waals surface area contributed by atoms with Gasteiger partial charge in [0.15, 0.2) is 0 Å². The van der Waals surface area contributed by atoms with Gasteiger partial charge in [0.05, 0.1) is 21.3 Å². The van der Waals surface area contributed by atoms with Crippen LogP contribution in [0.15, 0.2) is 36.5 Å². The Morgan fingerprint density at radius 1 is 1.00 bits per heavy atom. The Kier molecular flexibility index (Phi) is 5.00. The summed E-state index contributed by atoms with van der Waals surface area (Å²) < 4.78 is 15.6. The fourth-order valence-electron chi connectivity index (χ4n) is 2.07. The number of hydrogen-bond donors (Lipinski definition) is 1. The number of ether oxygens (including phenoxy) is 3. The lowest BCUT2D eigenvalue weighted by molar-refractivity contribution is 0.392. The monoisotopic (exact) mass is 288 g/mol. The largest absolute Gasteiger partial charge is 0.497 e. The van der Waals surface area contributed by atoms with Crippen LogP contribution in [0.2, 0.25) is 0 Å². The van der Waals surface area contributed by atoms with Gasteiger partial charge < -0.3 is 19.9 Å². The van der Waals surface area contributed by atoms with Gasteiger partial charge in [0.25, 0.3) is 0 Å². The van der Waals surface area contributed by atoms with E-state index < -0.39 is 0 Å². The van der Waals surface area contributed by atoms with E-state index in [1.54, 1.807) is 27.5 Å². The molecular formula is C16H20N2O3. The van der Waals surface area contributed by atoms with E-state index in [0.29, 0.717) is 12.3 Å². The van der Waals surface area contributed by atoms with Gasteiger partial charge in [-0.05, 0) is 29.7 Å². The quantitative estimate of drug-likeness (QED) is 0.883. The van der Waals surface area contributed by atoms with E-state index in [4.69, 9.17) is 19.9 Å². The summed E-state index contributed by atoms with van der Waals surface area (Å²) in [7, 11) is 4.84. The molecule has 1 atom stereocenters. The first kappa shape index (κ1) is 15.1. The molecule has 1 aromatic heterocycles. The van der Waals surface area contributed by atoms with Crippen molar-refractivity contribution in [3.05, 3.63) is 47.7 Å². The highest BCUT2D eigenvalue weighted by atomic mass is 16.5. The van der Waals surface area contributed by atoms with Crippen molar-refractivity contribution in [3.63, 3.8) is 0 Å². The van der Waals surface area contributed by atoms with Crippen LogP contribution in [0.4, 0.5) is 0 Å². The molecule has 21 heavy (non-hydrogen) atoms. The molecule has 2 rings (SSSR count). The van der Waals surface area contributed by atoms with Crippen molar-refractivity contribution in [2.45, 2.75) is 12.5 Å². The first-order valence-corrected chi connectivity index (χ1v) is 6.63. The lowest BCUT2D eigenvalue weighted by atomic mass is 10.00. The summed E-state index contributed by atoms with van der Waals surface area (Å²) in [6.45, 7) is 0. The van der Waals surface area contributed by atoms with Gasteiger partial charge in [-0.3, -0.25) is 0 Å². The van der Waals surface area contributed by atoms with Crippen molar-refractivity contribution in [2.75, 3.05) is 21.3 Å². The fourth-order valence-corrected chi connectivity index (χ4v) is 2.07. The summed E-state index contributed by atoms with van der Waals surface area (Å²) in [5.41, 5.74) is 8.28. The van der Waals surface area contributed by atoms with E-state index in [1.807, 2.05) is 30.3 Å². The molecule has 0 aliphatic carbocycles. The highest BCUT2D eigenvalue weighted by molar-refractivity contribution is 5.40. The van der Waals surface area contributed by atoms with Gasteiger partial charge in [-0.25, -0.2) is 4.98 Å². The van der Waals surface area contributed by atoms with Crippen molar-refractivity contribution in [3.8, 4) is 17.4 Å². The number of pyridine rings is 1. The summed E-state index contributed by atoms with van der Waals surface area (Å²) >= 11 is 0. The van der Waals surface area contributed by atoms with E-state index in [-0.39, 0.29) is 6.04 Å². The number of methoxy groups -OCH3 is 3. The van der Waals surface area contributed by atoms with E-state index in [2.05, 4.69) is 4.98 Å². The lowest BCUT2D eigenvalue weighted by Crippen LogP contribution is -2.13. The standard InChI is InChI=1S/C16H20N2O3/c1-19-13-7-12(8-14(9-13)20-2)15(17)6-11-4-5-16(21-3)18-10-11/h4-5,7-10,15H,6,17H2,1-3H3. The smallest absolute Gasteiger partial charge is 0.212 e. The van der Waals surface area contributed by atoms with Gasteiger partial charge in [0.2, 0.25) is 5.88 Å². The molecule has 0 fully saturated rings. The number of benzene rings is 1. The number of hydrogen-bond acceptors (Lipinski definition) is 5. The molecule has 112 valence electrons. The average Bonchev–Trinajstić information content (AvgIpc) is 2.54. The lowest BCUT2D eigenvalue weighted by Gasteiger charge is -2.15. The first-order chi connectivity index (χ1) is 10.2. The van der Waals surface area contributed by atoms with Crippen LogP contribution in [-0.4, -0.2) is 26.3 Å². The summed E-state index contributed by atoms with van der Waals surface area (Å²) in [4.78, 5) is 4.18. The minimum Gasteiger partial charge on any atom is -0.497 e. The van der Waals surface area contributed by atoms with Gasteiger partial charge in [-0.1, -0.05) is 6.07 Å². The molecule has 0 spiro atoms. The zero-order valence-corrected chi connectivity index (χ0v) is 12.5. The van der Waals surface area contributed by atoms with E-state index in [1.165, 1.54) is 0 Å². The summed E-state index contributed by atoms with van der Waals surface area (Å²) in [6, 6.07) is 9.29. The molecule has 0 saturated carbocycles. The molecule has 0 aliphatic heterocycles. The normalized spacial score (nSPS) is 11.8. The van der Waals surface area contributed by atoms with Crippen molar-refractivity contribution >= 4 is 0 Å². The number of aromatic nitrogens is 1. The fraction of sp³-hybridized carbons (Fsp3) is 0.312. The Morgan fingerprint density at radius 2 is 1.67 bits per heavy atom. The summed E-state index contributed by atoms with van der Waals surface area (Å²) in [6.07, 6.45) is 2.45. The van der Waals surface area contributed by atoms with Crippen molar-refractivity contribution in [1.82, 2.24) is 4.98 Å². The van der Waals surface area contributed by atoms with Gasteiger partial charge in [0.1, 0.15) is 11.5 Å². The second-order valence-electron chi connectivity index (χ2n) is 4.67. The average molecular weight is 288 g/mol. The summed E-state index contributed by atoms with van der Waals surface area (Å²) in [5.74, 6) is 2.05. The molecule has 0 bridgehead atoms. The third kappa shape index (κ3) is 3.86. The topological polar surface area (TPSA) is 66.6 Å². The predicted octanol–water partition coefficient (Wildman–Crippen LogP) is 2.35. The highest BCUT2D eigenvalue weighted by Crippen LogP contribution is 2.27. The molecule has 5 nitrogen and oxygen atoms in total. The van der Waals surface area contributed by atoms with E-state index in [9.17, 15) is 0 Å². The van der Waals surface area contributed by atoms with Gasteiger partial charge in [-0.2, -0.15) is 0 Å². The molecule has 2 aromatic rings. The Hall–Kier alpha value is -2.27. The van der Waals surface area contributed by atoms with Crippen LogP contribution in [0, 0.1) is 0 Å². The molecule has 0 amide bonds. The maximum Gasteiger partial charge on any atom is 0.212 e. The molecule has 1 unspecified atom stereocenters. The van der Waals surface area contributed by atoms with Crippen molar-refractivity contribution in [1.29, 1.82) is 0 Å². The molecule has 0 aliphatic rings. The van der Waals surface area contributed by atoms with Crippen molar-refractivity contribution < 1.29 is 14.2 Å². The minimum atomic E-state index is -0.163. The molecule has 0 radical (unpaired) electrons. The number of nitrogens with two attached hydrogens (primary N) is 1. The number of rotatable bonds is 6. The first-order valence-electron chi connectivity index (χ1n) is 6.63. The molecule has 1 aromatic carbocycles. The molecule has 1 heterocycles. The van der Waals surface area contributed by atoms with Crippen LogP contribution in [0.1, 0.15) is 17.2 Å².